The number of halogens is 2. The Bertz CT molecular complexity index is 659. The lowest BCUT2D eigenvalue weighted by Crippen LogP contribution is -2.32. The van der Waals surface area contributed by atoms with E-state index in [0.29, 0.717) is 28.9 Å². The molecule has 0 heterocycles. The van der Waals surface area contributed by atoms with Crippen molar-refractivity contribution in [2.24, 2.45) is 0 Å². The summed E-state index contributed by atoms with van der Waals surface area (Å²) in [6.07, 6.45) is 0. The largest absolute Gasteiger partial charge is 0.492 e. The van der Waals surface area contributed by atoms with Gasteiger partial charge in [-0.15, -0.1) is 0 Å². The normalized spacial score (nSPS) is 10.2. The number of hydrogen-bond acceptors (Lipinski definition) is 3. The molecule has 0 aliphatic carbocycles. The van der Waals surface area contributed by atoms with Crippen LogP contribution in [0.25, 0.3) is 0 Å². The predicted octanol–water partition coefficient (Wildman–Crippen LogP) is 3.88. The average molecular weight is 354 g/mol. The molecule has 0 atom stereocenters. The van der Waals surface area contributed by atoms with Crippen molar-refractivity contribution in [2.75, 3.05) is 19.8 Å². The first-order valence-electron chi connectivity index (χ1n) is 7.08. The van der Waals surface area contributed by atoms with Gasteiger partial charge in [-0.1, -0.05) is 23.2 Å². The van der Waals surface area contributed by atoms with E-state index in [1.54, 1.807) is 36.4 Å². The molecule has 2 aromatic carbocycles. The molecular formula is C17H17Cl2NO3. The number of carbonyl (C=O) groups excluding carboxylic acids is 1. The molecule has 2 rings (SSSR count). The Morgan fingerprint density at radius 1 is 1.04 bits per heavy atom. The predicted molar refractivity (Wildman–Crippen MR) is 91.6 cm³/mol. The fourth-order valence-electron chi connectivity index (χ4n) is 1.80. The summed E-state index contributed by atoms with van der Waals surface area (Å²) in [5.41, 5.74) is 0.949. The lowest BCUT2D eigenvalue weighted by molar-refractivity contribution is -0.123. The van der Waals surface area contributed by atoms with Crippen LogP contribution >= 0.6 is 23.2 Å². The van der Waals surface area contributed by atoms with Crippen LogP contribution in [0.2, 0.25) is 10.0 Å². The smallest absolute Gasteiger partial charge is 0.258 e. The summed E-state index contributed by atoms with van der Waals surface area (Å²) < 4.78 is 10.9. The first kappa shape index (κ1) is 17.4. The number of hydrogen-bond donors (Lipinski definition) is 1. The Labute approximate surface area is 145 Å². The van der Waals surface area contributed by atoms with E-state index in [2.05, 4.69) is 5.32 Å². The van der Waals surface area contributed by atoms with E-state index in [4.69, 9.17) is 32.7 Å². The summed E-state index contributed by atoms with van der Waals surface area (Å²) in [5.74, 6) is 1.10. The molecule has 0 unspecified atom stereocenters. The van der Waals surface area contributed by atoms with Gasteiger partial charge in [0.2, 0.25) is 0 Å². The maximum absolute atomic E-state index is 11.7. The topological polar surface area (TPSA) is 47.6 Å². The van der Waals surface area contributed by atoms with Gasteiger partial charge in [-0.3, -0.25) is 4.79 Å². The van der Waals surface area contributed by atoms with Crippen LogP contribution in [0.5, 0.6) is 11.5 Å². The Hall–Kier alpha value is -1.91. The molecule has 23 heavy (non-hydrogen) atoms. The van der Waals surface area contributed by atoms with Crippen LogP contribution in [0.1, 0.15) is 5.56 Å². The molecule has 1 amide bonds. The summed E-state index contributed by atoms with van der Waals surface area (Å²) >= 11 is 11.7. The lowest BCUT2D eigenvalue weighted by Gasteiger charge is -2.09. The van der Waals surface area contributed by atoms with E-state index in [-0.39, 0.29) is 12.5 Å². The molecule has 0 aliphatic rings. The van der Waals surface area contributed by atoms with Gasteiger partial charge in [-0.2, -0.15) is 0 Å². The first-order chi connectivity index (χ1) is 11.0. The molecule has 0 aromatic heterocycles. The maximum Gasteiger partial charge on any atom is 0.258 e. The van der Waals surface area contributed by atoms with Crippen molar-refractivity contribution in [3.8, 4) is 11.5 Å². The van der Waals surface area contributed by atoms with Crippen LogP contribution in [-0.2, 0) is 4.79 Å². The van der Waals surface area contributed by atoms with E-state index in [9.17, 15) is 4.79 Å². The highest BCUT2D eigenvalue weighted by molar-refractivity contribution is 6.31. The zero-order valence-electron chi connectivity index (χ0n) is 12.6. The van der Waals surface area contributed by atoms with Crippen LogP contribution in [0.15, 0.2) is 42.5 Å². The van der Waals surface area contributed by atoms with Crippen LogP contribution in [0.3, 0.4) is 0 Å². The van der Waals surface area contributed by atoms with Gasteiger partial charge in [0.15, 0.2) is 6.61 Å². The number of nitrogens with one attached hydrogen (secondary N) is 1. The SMILES string of the molecule is Cc1cc(OCCNC(=O)COc2ccc(Cl)cc2)ccc1Cl. The minimum Gasteiger partial charge on any atom is -0.492 e. The summed E-state index contributed by atoms with van der Waals surface area (Å²) in [6.45, 7) is 2.62. The molecule has 6 heteroatoms. The van der Waals surface area contributed by atoms with Gasteiger partial charge in [0.1, 0.15) is 18.1 Å². The van der Waals surface area contributed by atoms with Crippen LogP contribution in [0.4, 0.5) is 0 Å². The molecule has 0 fully saturated rings. The molecule has 0 bridgehead atoms. The third-order valence-electron chi connectivity index (χ3n) is 3.01. The highest BCUT2D eigenvalue weighted by atomic mass is 35.5. The number of aryl methyl sites for hydroxylation is 1. The van der Waals surface area contributed by atoms with Crippen molar-refractivity contribution in [1.29, 1.82) is 0 Å². The van der Waals surface area contributed by atoms with Gasteiger partial charge in [0.25, 0.3) is 5.91 Å². The van der Waals surface area contributed by atoms with E-state index in [1.165, 1.54) is 0 Å². The second-order valence-corrected chi connectivity index (χ2v) is 5.70. The number of rotatable bonds is 7. The third kappa shape index (κ3) is 6.00. The Morgan fingerprint density at radius 3 is 2.43 bits per heavy atom. The summed E-state index contributed by atoms with van der Waals surface area (Å²) in [5, 5.41) is 4.04. The first-order valence-corrected chi connectivity index (χ1v) is 7.84. The number of ether oxygens (including phenoxy) is 2. The van der Waals surface area contributed by atoms with Gasteiger partial charge in [0, 0.05) is 10.0 Å². The highest BCUT2D eigenvalue weighted by Gasteiger charge is 2.03. The molecule has 122 valence electrons. The van der Waals surface area contributed by atoms with Crippen LogP contribution < -0.4 is 14.8 Å². The Morgan fingerprint density at radius 2 is 1.74 bits per heavy atom. The van der Waals surface area contributed by atoms with Crippen molar-refractivity contribution in [3.05, 3.63) is 58.1 Å². The van der Waals surface area contributed by atoms with E-state index in [1.807, 2.05) is 13.0 Å². The Kier molecular flexibility index (Phi) is 6.56. The van der Waals surface area contributed by atoms with Gasteiger partial charge in [-0.25, -0.2) is 0 Å². The standard InChI is InChI=1S/C17H17Cl2NO3/c1-12-10-15(6-7-16(12)19)22-9-8-20-17(21)11-23-14-4-2-13(18)3-5-14/h2-7,10H,8-9,11H2,1H3,(H,20,21). The van der Waals surface area contributed by atoms with E-state index < -0.39 is 0 Å². The average Bonchev–Trinajstić information content (AvgIpc) is 2.54. The lowest BCUT2D eigenvalue weighted by atomic mass is 10.2. The fraction of sp³-hybridized carbons (Fsp3) is 0.235. The zero-order valence-corrected chi connectivity index (χ0v) is 14.2. The number of amides is 1. The quantitative estimate of drug-likeness (QED) is 0.768. The molecule has 0 aliphatic heterocycles. The van der Waals surface area contributed by atoms with Gasteiger partial charge < -0.3 is 14.8 Å². The van der Waals surface area contributed by atoms with Gasteiger partial charge in [-0.05, 0) is 55.0 Å². The molecule has 0 spiro atoms. The van der Waals surface area contributed by atoms with Crippen molar-refractivity contribution >= 4 is 29.1 Å². The monoisotopic (exact) mass is 353 g/mol. The van der Waals surface area contributed by atoms with E-state index >= 15 is 0 Å². The van der Waals surface area contributed by atoms with Crippen LogP contribution in [-0.4, -0.2) is 25.7 Å². The number of benzene rings is 2. The maximum atomic E-state index is 11.7. The van der Waals surface area contributed by atoms with Crippen molar-refractivity contribution in [3.63, 3.8) is 0 Å². The zero-order chi connectivity index (χ0) is 16.7. The fourth-order valence-corrected chi connectivity index (χ4v) is 2.04. The van der Waals surface area contributed by atoms with E-state index in [0.717, 1.165) is 11.3 Å². The summed E-state index contributed by atoms with van der Waals surface area (Å²) in [6, 6.07) is 12.3. The molecular weight excluding hydrogens is 337 g/mol. The molecule has 0 saturated carbocycles. The molecule has 0 saturated heterocycles. The third-order valence-corrected chi connectivity index (χ3v) is 3.68. The number of carbonyl (C=O) groups is 1. The molecule has 2 aromatic rings. The molecule has 0 radical (unpaired) electrons. The van der Waals surface area contributed by atoms with Gasteiger partial charge >= 0.3 is 0 Å². The van der Waals surface area contributed by atoms with Crippen molar-refractivity contribution in [2.45, 2.75) is 6.92 Å². The molecule has 4 nitrogen and oxygen atoms in total. The van der Waals surface area contributed by atoms with Crippen molar-refractivity contribution in [1.82, 2.24) is 5.32 Å². The second kappa shape index (κ2) is 8.65. The highest BCUT2D eigenvalue weighted by Crippen LogP contribution is 2.20. The second-order valence-electron chi connectivity index (χ2n) is 4.85. The van der Waals surface area contributed by atoms with Crippen molar-refractivity contribution < 1.29 is 14.3 Å². The summed E-state index contributed by atoms with van der Waals surface area (Å²) in [7, 11) is 0. The van der Waals surface area contributed by atoms with Gasteiger partial charge in [0.05, 0.1) is 6.54 Å². The molecule has 1 N–H and O–H groups in total. The Balaban J connectivity index is 1.64. The summed E-state index contributed by atoms with van der Waals surface area (Å²) in [4.78, 5) is 11.7. The van der Waals surface area contributed by atoms with Crippen LogP contribution in [0, 0.1) is 6.92 Å². The minimum atomic E-state index is -0.212. The minimum absolute atomic E-state index is 0.0539.